The zero-order valence-electron chi connectivity index (χ0n) is 14.9. The van der Waals surface area contributed by atoms with Crippen LogP contribution in [0.4, 0.5) is 4.39 Å². The number of halogens is 1. The van der Waals surface area contributed by atoms with Crippen LogP contribution in [-0.2, 0) is 4.74 Å². The molecule has 1 aliphatic carbocycles. The van der Waals surface area contributed by atoms with Crippen molar-refractivity contribution in [3.05, 3.63) is 65.7 Å². The van der Waals surface area contributed by atoms with Gasteiger partial charge in [0, 0.05) is 32.0 Å². The van der Waals surface area contributed by atoms with Gasteiger partial charge in [0.05, 0.1) is 17.4 Å². The first-order valence-corrected chi connectivity index (χ1v) is 8.82. The predicted octanol–water partition coefficient (Wildman–Crippen LogP) is 2.02. The van der Waals surface area contributed by atoms with E-state index < -0.39 is 22.9 Å². The van der Waals surface area contributed by atoms with Gasteiger partial charge in [0.1, 0.15) is 5.54 Å². The van der Waals surface area contributed by atoms with Crippen LogP contribution in [0.2, 0.25) is 0 Å². The number of rotatable bonds is 5. The first-order valence-electron chi connectivity index (χ1n) is 8.82. The van der Waals surface area contributed by atoms with E-state index in [1.807, 2.05) is 6.07 Å². The number of carbonyl (C=O) groups is 2. The fourth-order valence-electron chi connectivity index (χ4n) is 3.82. The van der Waals surface area contributed by atoms with E-state index >= 15 is 0 Å². The highest BCUT2D eigenvalue weighted by Gasteiger charge is 2.66. The number of hydrogen-bond donors (Lipinski definition) is 1. The minimum absolute atomic E-state index is 0.0183. The molecule has 1 N–H and O–H groups in total. The number of benzene rings is 1. The largest absolute Gasteiger partial charge is 0.376 e. The van der Waals surface area contributed by atoms with E-state index in [-0.39, 0.29) is 24.6 Å². The molecule has 0 atom stereocenters. The Balaban J connectivity index is 1.54. The van der Waals surface area contributed by atoms with Crippen LogP contribution in [0.1, 0.15) is 33.6 Å². The van der Waals surface area contributed by atoms with Gasteiger partial charge < -0.3 is 15.0 Å². The highest BCUT2D eigenvalue weighted by molar-refractivity contribution is 5.97. The lowest BCUT2D eigenvalue weighted by atomic mass is 9.80. The number of ether oxygens (including phenoxy) is 1. The van der Waals surface area contributed by atoms with Gasteiger partial charge in [0.25, 0.3) is 11.8 Å². The van der Waals surface area contributed by atoms with E-state index in [4.69, 9.17) is 4.74 Å². The van der Waals surface area contributed by atoms with Crippen LogP contribution in [0.3, 0.4) is 0 Å². The van der Waals surface area contributed by atoms with Crippen molar-refractivity contribution in [3.8, 4) is 0 Å². The van der Waals surface area contributed by atoms with Crippen molar-refractivity contribution in [2.45, 2.75) is 24.0 Å². The second kappa shape index (κ2) is 6.42. The smallest absolute Gasteiger partial charge is 0.257 e. The summed E-state index contributed by atoms with van der Waals surface area (Å²) in [6.45, 7) is 0.556. The number of nitrogens with one attached hydrogen (secondary N) is 1. The Labute approximate surface area is 156 Å². The summed E-state index contributed by atoms with van der Waals surface area (Å²) in [5.74, 6) is -1.27. The van der Waals surface area contributed by atoms with E-state index in [9.17, 15) is 14.0 Å². The average Bonchev–Trinajstić information content (AvgIpc) is 3.46. The van der Waals surface area contributed by atoms with Crippen molar-refractivity contribution >= 4 is 11.8 Å². The summed E-state index contributed by atoms with van der Waals surface area (Å²) in [5.41, 5.74) is -0.622. The molecule has 1 aliphatic heterocycles. The standard InChI is InChI=1S/C20H20FN3O3/c1-27-20(8-9-20)19(23-17(25)14-5-3-2-4-6-14)12-24(13-19)18(26)15-7-10-22-11-16(15)21/h2-7,10-11H,8-9,12-13H2,1H3,(H,23,25). The normalized spacial score (nSPS) is 19.1. The zero-order chi connectivity index (χ0) is 19.1. The summed E-state index contributed by atoms with van der Waals surface area (Å²) in [5, 5.41) is 3.09. The number of methoxy groups -OCH3 is 1. The first-order chi connectivity index (χ1) is 13.0. The van der Waals surface area contributed by atoms with Crippen molar-refractivity contribution in [3.63, 3.8) is 0 Å². The minimum Gasteiger partial charge on any atom is -0.376 e. The molecule has 27 heavy (non-hydrogen) atoms. The molecule has 7 heteroatoms. The second-order valence-electron chi connectivity index (χ2n) is 7.12. The van der Waals surface area contributed by atoms with Gasteiger partial charge >= 0.3 is 0 Å². The van der Waals surface area contributed by atoms with Gasteiger partial charge in [-0.3, -0.25) is 14.6 Å². The molecule has 6 nitrogen and oxygen atoms in total. The van der Waals surface area contributed by atoms with Crippen molar-refractivity contribution < 1.29 is 18.7 Å². The van der Waals surface area contributed by atoms with Gasteiger partial charge in [-0.05, 0) is 31.0 Å². The van der Waals surface area contributed by atoms with E-state index in [1.54, 1.807) is 31.4 Å². The Morgan fingerprint density at radius 2 is 1.89 bits per heavy atom. The van der Waals surface area contributed by atoms with Gasteiger partial charge in [-0.25, -0.2) is 4.39 Å². The first kappa shape index (κ1) is 17.6. The highest BCUT2D eigenvalue weighted by Crippen LogP contribution is 2.52. The lowest BCUT2D eigenvalue weighted by molar-refractivity contribution is -0.0710. The van der Waals surface area contributed by atoms with Gasteiger partial charge in [-0.15, -0.1) is 0 Å². The number of aromatic nitrogens is 1. The molecule has 2 fully saturated rings. The van der Waals surface area contributed by atoms with Crippen LogP contribution >= 0.6 is 0 Å². The molecule has 2 amide bonds. The number of nitrogens with zero attached hydrogens (tertiary/aromatic N) is 2. The molecule has 2 aliphatic rings. The molecule has 1 aromatic heterocycles. The highest BCUT2D eigenvalue weighted by atomic mass is 19.1. The van der Waals surface area contributed by atoms with Crippen LogP contribution in [0.5, 0.6) is 0 Å². The van der Waals surface area contributed by atoms with Gasteiger partial charge in [-0.1, -0.05) is 18.2 Å². The van der Waals surface area contributed by atoms with E-state index in [2.05, 4.69) is 10.3 Å². The summed E-state index contributed by atoms with van der Waals surface area (Å²) in [6.07, 6.45) is 4.03. The van der Waals surface area contributed by atoms with Crippen molar-refractivity contribution in [1.29, 1.82) is 0 Å². The molecule has 140 valence electrons. The third-order valence-corrected chi connectivity index (χ3v) is 5.57. The molecule has 2 aromatic rings. The summed E-state index contributed by atoms with van der Waals surface area (Å²) < 4.78 is 19.6. The number of hydrogen-bond acceptors (Lipinski definition) is 4. The topological polar surface area (TPSA) is 71.5 Å². The fourth-order valence-corrected chi connectivity index (χ4v) is 3.82. The third kappa shape index (κ3) is 2.88. The Morgan fingerprint density at radius 1 is 1.19 bits per heavy atom. The molecule has 0 spiro atoms. The Morgan fingerprint density at radius 3 is 2.48 bits per heavy atom. The van der Waals surface area contributed by atoms with Crippen LogP contribution < -0.4 is 5.32 Å². The lowest BCUT2D eigenvalue weighted by Gasteiger charge is -2.54. The van der Waals surface area contributed by atoms with Crippen LogP contribution in [-0.4, -0.2) is 53.0 Å². The second-order valence-corrected chi connectivity index (χ2v) is 7.12. The summed E-state index contributed by atoms with van der Waals surface area (Å²) in [6, 6.07) is 10.3. The molecule has 0 radical (unpaired) electrons. The lowest BCUT2D eigenvalue weighted by Crippen LogP contribution is -2.77. The molecule has 0 bridgehead atoms. The molecule has 1 saturated heterocycles. The van der Waals surface area contributed by atoms with Gasteiger partial charge in [-0.2, -0.15) is 0 Å². The summed E-state index contributed by atoms with van der Waals surface area (Å²) >= 11 is 0. The minimum atomic E-state index is -0.673. The monoisotopic (exact) mass is 369 g/mol. The van der Waals surface area contributed by atoms with E-state index in [0.717, 1.165) is 19.0 Å². The number of likely N-dealkylation sites (tertiary alicyclic amines) is 1. The van der Waals surface area contributed by atoms with Crippen molar-refractivity contribution in [1.82, 2.24) is 15.2 Å². The Hall–Kier alpha value is -2.80. The third-order valence-electron chi connectivity index (χ3n) is 5.57. The maximum atomic E-state index is 13.9. The average molecular weight is 369 g/mol. The van der Waals surface area contributed by atoms with Gasteiger partial charge in [0.15, 0.2) is 5.82 Å². The molecular formula is C20H20FN3O3. The summed E-state index contributed by atoms with van der Waals surface area (Å²) in [4.78, 5) is 30.5. The molecule has 1 aromatic carbocycles. The number of carbonyl (C=O) groups excluding carboxylic acids is 2. The number of amides is 2. The predicted molar refractivity (Wildman–Crippen MR) is 95.7 cm³/mol. The van der Waals surface area contributed by atoms with E-state index in [1.165, 1.54) is 17.2 Å². The SMILES string of the molecule is COC1(C2(NC(=O)c3ccccc3)CN(C(=O)c3ccncc3F)C2)CC1. The van der Waals surface area contributed by atoms with E-state index in [0.29, 0.717) is 5.56 Å². The molecule has 0 unspecified atom stereocenters. The van der Waals surface area contributed by atoms with Crippen molar-refractivity contribution in [2.24, 2.45) is 0 Å². The zero-order valence-corrected chi connectivity index (χ0v) is 14.9. The molecule has 2 heterocycles. The van der Waals surface area contributed by atoms with Crippen LogP contribution in [0, 0.1) is 5.82 Å². The fraction of sp³-hybridized carbons (Fsp3) is 0.350. The maximum absolute atomic E-state index is 13.9. The molecule has 1 saturated carbocycles. The quantitative estimate of drug-likeness (QED) is 0.875. The summed E-state index contributed by atoms with van der Waals surface area (Å²) in [7, 11) is 1.62. The molecule has 4 rings (SSSR count). The van der Waals surface area contributed by atoms with Crippen LogP contribution in [0.25, 0.3) is 0 Å². The Kier molecular flexibility index (Phi) is 4.19. The Bertz CT molecular complexity index is 877. The number of pyridine rings is 1. The maximum Gasteiger partial charge on any atom is 0.257 e. The molecular weight excluding hydrogens is 349 g/mol. The van der Waals surface area contributed by atoms with Gasteiger partial charge in [0.2, 0.25) is 0 Å². The van der Waals surface area contributed by atoms with Crippen LogP contribution in [0.15, 0.2) is 48.8 Å². The van der Waals surface area contributed by atoms with Crippen molar-refractivity contribution in [2.75, 3.05) is 20.2 Å².